The Kier molecular flexibility index (Phi) is 5.87. The van der Waals surface area contributed by atoms with Gasteiger partial charge in [0.25, 0.3) is 23.6 Å². The molecule has 0 spiro atoms. The van der Waals surface area contributed by atoms with Gasteiger partial charge < -0.3 is 10.6 Å². The van der Waals surface area contributed by atoms with E-state index in [1.54, 1.807) is 77.6 Å². The third-order valence-corrected chi connectivity index (χ3v) is 5.74. The molecule has 5 rings (SSSR count). The number of hydrogen-bond donors (Lipinski definition) is 2. The largest absolute Gasteiger partial charge is 0.321 e. The molecule has 4 aromatic rings. The van der Waals surface area contributed by atoms with E-state index in [2.05, 4.69) is 15.7 Å². The van der Waals surface area contributed by atoms with Gasteiger partial charge in [0, 0.05) is 24.0 Å². The van der Waals surface area contributed by atoms with Crippen LogP contribution in [-0.4, -0.2) is 33.4 Å². The van der Waals surface area contributed by atoms with Crippen molar-refractivity contribution in [1.82, 2.24) is 9.78 Å². The molecular formula is C27H21N5O4. The van der Waals surface area contributed by atoms with Crippen LogP contribution in [0.25, 0.3) is 0 Å². The van der Waals surface area contributed by atoms with Crippen LogP contribution in [0.15, 0.2) is 85.1 Å². The molecular weight excluding hydrogens is 458 g/mol. The van der Waals surface area contributed by atoms with Crippen LogP contribution in [0.5, 0.6) is 0 Å². The van der Waals surface area contributed by atoms with E-state index in [0.717, 1.165) is 4.90 Å². The second kappa shape index (κ2) is 9.30. The summed E-state index contributed by atoms with van der Waals surface area (Å²) in [5.74, 6) is -1.88. The minimum atomic E-state index is -0.516. The number of benzene rings is 3. The highest BCUT2D eigenvalue weighted by molar-refractivity contribution is 6.34. The number of nitrogens with zero attached hydrogens (tertiary/aromatic N) is 3. The first-order valence-corrected chi connectivity index (χ1v) is 11.3. The van der Waals surface area contributed by atoms with Gasteiger partial charge in [-0.3, -0.25) is 23.9 Å². The number of hydrogen-bond acceptors (Lipinski definition) is 5. The molecule has 0 radical (unpaired) electrons. The lowest BCUT2D eigenvalue weighted by atomic mass is 10.1. The van der Waals surface area contributed by atoms with Crippen molar-refractivity contribution in [3.05, 3.63) is 107 Å². The first-order chi connectivity index (χ1) is 17.5. The summed E-state index contributed by atoms with van der Waals surface area (Å²) in [7, 11) is 0. The molecule has 2 heterocycles. The molecule has 0 saturated heterocycles. The molecule has 0 aliphatic carbocycles. The maximum atomic E-state index is 13.1. The number of imide groups is 1. The van der Waals surface area contributed by atoms with Crippen LogP contribution < -0.4 is 15.5 Å². The number of para-hydroxylation sites is 1. The first-order valence-electron chi connectivity index (χ1n) is 11.3. The summed E-state index contributed by atoms with van der Waals surface area (Å²) in [4.78, 5) is 52.7. The second-order valence-corrected chi connectivity index (χ2v) is 8.06. The summed E-state index contributed by atoms with van der Waals surface area (Å²) >= 11 is 0. The van der Waals surface area contributed by atoms with Crippen molar-refractivity contribution in [3.8, 4) is 0 Å². The number of anilines is 3. The van der Waals surface area contributed by atoms with Gasteiger partial charge in [0.05, 0.1) is 22.5 Å². The van der Waals surface area contributed by atoms with Crippen molar-refractivity contribution in [2.45, 2.75) is 13.5 Å². The van der Waals surface area contributed by atoms with E-state index in [1.807, 2.05) is 13.0 Å². The number of aromatic nitrogens is 2. The topological polar surface area (TPSA) is 113 Å². The summed E-state index contributed by atoms with van der Waals surface area (Å²) in [5, 5.41) is 9.79. The molecule has 1 aliphatic heterocycles. The highest BCUT2D eigenvalue weighted by Gasteiger charge is 2.36. The van der Waals surface area contributed by atoms with Gasteiger partial charge in [-0.25, -0.2) is 4.90 Å². The van der Waals surface area contributed by atoms with Gasteiger partial charge in [-0.15, -0.1) is 0 Å². The van der Waals surface area contributed by atoms with Crippen LogP contribution in [0.3, 0.4) is 0 Å². The van der Waals surface area contributed by atoms with Crippen molar-refractivity contribution in [3.63, 3.8) is 0 Å². The number of carbonyl (C=O) groups is 4. The molecule has 3 aromatic carbocycles. The Morgan fingerprint density at radius 1 is 0.806 bits per heavy atom. The lowest BCUT2D eigenvalue weighted by molar-refractivity contribution is 0.0922. The Labute approximate surface area is 206 Å². The number of rotatable bonds is 6. The normalized spacial score (nSPS) is 12.4. The van der Waals surface area contributed by atoms with E-state index >= 15 is 0 Å². The van der Waals surface area contributed by atoms with Crippen LogP contribution >= 0.6 is 0 Å². The van der Waals surface area contributed by atoms with Gasteiger partial charge in [-0.05, 0) is 49.4 Å². The Balaban J connectivity index is 1.39. The summed E-state index contributed by atoms with van der Waals surface area (Å²) in [6.07, 6.45) is 1.58. The minimum absolute atomic E-state index is 0.0607. The van der Waals surface area contributed by atoms with E-state index in [4.69, 9.17) is 0 Å². The van der Waals surface area contributed by atoms with E-state index < -0.39 is 23.6 Å². The van der Waals surface area contributed by atoms with Crippen molar-refractivity contribution in [1.29, 1.82) is 0 Å². The minimum Gasteiger partial charge on any atom is -0.321 e. The quantitative estimate of drug-likeness (QED) is 0.402. The van der Waals surface area contributed by atoms with Crippen molar-refractivity contribution in [2.24, 2.45) is 0 Å². The molecule has 1 aromatic heterocycles. The average Bonchev–Trinajstić information content (AvgIpc) is 3.43. The fraction of sp³-hybridized carbons (Fsp3) is 0.0741. The van der Waals surface area contributed by atoms with Crippen LogP contribution in [-0.2, 0) is 6.54 Å². The van der Waals surface area contributed by atoms with Crippen molar-refractivity contribution in [2.75, 3.05) is 15.5 Å². The van der Waals surface area contributed by atoms with Crippen LogP contribution in [0.1, 0.15) is 48.5 Å². The van der Waals surface area contributed by atoms with Crippen LogP contribution in [0.4, 0.5) is 17.1 Å². The lowest BCUT2D eigenvalue weighted by Crippen LogP contribution is -2.29. The van der Waals surface area contributed by atoms with Gasteiger partial charge in [0.2, 0.25) is 0 Å². The zero-order valence-corrected chi connectivity index (χ0v) is 19.3. The van der Waals surface area contributed by atoms with Gasteiger partial charge in [-0.1, -0.05) is 36.4 Å². The van der Waals surface area contributed by atoms with Gasteiger partial charge >= 0.3 is 0 Å². The second-order valence-electron chi connectivity index (χ2n) is 8.06. The van der Waals surface area contributed by atoms with Gasteiger partial charge in [-0.2, -0.15) is 5.10 Å². The molecule has 0 atom stereocenters. The highest BCUT2D eigenvalue weighted by atomic mass is 16.2. The van der Waals surface area contributed by atoms with Crippen molar-refractivity contribution >= 4 is 40.7 Å². The van der Waals surface area contributed by atoms with Crippen molar-refractivity contribution < 1.29 is 19.2 Å². The monoisotopic (exact) mass is 479 g/mol. The molecule has 0 saturated carbocycles. The zero-order chi connectivity index (χ0) is 25.2. The van der Waals surface area contributed by atoms with Gasteiger partial charge in [0.15, 0.2) is 5.69 Å². The summed E-state index contributed by atoms with van der Waals surface area (Å²) in [6, 6.07) is 21.7. The molecule has 0 fully saturated rings. The zero-order valence-electron chi connectivity index (χ0n) is 19.3. The predicted molar refractivity (Wildman–Crippen MR) is 134 cm³/mol. The molecule has 1 aliphatic rings. The smallest absolute Gasteiger partial charge is 0.278 e. The molecule has 9 nitrogen and oxygen atoms in total. The fourth-order valence-corrected chi connectivity index (χ4v) is 3.96. The summed E-state index contributed by atoms with van der Waals surface area (Å²) in [5.41, 5.74) is 2.02. The molecule has 4 amide bonds. The molecule has 2 N–H and O–H groups in total. The maximum absolute atomic E-state index is 13.1. The highest BCUT2D eigenvalue weighted by Crippen LogP contribution is 2.29. The maximum Gasteiger partial charge on any atom is 0.278 e. The molecule has 36 heavy (non-hydrogen) atoms. The van der Waals surface area contributed by atoms with E-state index in [-0.39, 0.29) is 22.6 Å². The van der Waals surface area contributed by atoms with E-state index in [0.29, 0.717) is 23.4 Å². The number of amides is 4. The SMILES string of the molecule is CCn1cc(NC(=O)c2cccc(N3C(=O)c4ccccc4C3=O)c2)c(C(=O)Nc2ccccc2)n1. The number of aryl methyl sites for hydroxylation is 1. The standard InChI is InChI=1S/C27H21N5O4/c1-2-31-16-22(23(30-31)25(34)28-18-10-4-3-5-11-18)29-24(33)17-9-8-12-19(15-17)32-26(35)20-13-6-7-14-21(20)27(32)36/h3-16H,2H2,1H3,(H,28,34)(H,29,33). The lowest BCUT2D eigenvalue weighted by Gasteiger charge is -2.15. The van der Waals surface area contributed by atoms with Crippen LogP contribution in [0.2, 0.25) is 0 Å². The Hall–Kier alpha value is -5.05. The van der Waals surface area contributed by atoms with E-state index in [9.17, 15) is 19.2 Å². The average molecular weight is 479 g/mol. The Morgan fingerprint density at radius 3 is 2.14 bits per heavy atom. The number of carbonyl (C=O) groups excluding carboxylic acids is 4. The third kappa shape index (κ3) is 4.14. The summed E-state index contributed by atoms with van der Waals surface area (Å²) in [6.45, 7) is 2.36. The van der Waals surface area contributed by atoms with Crippen LogP contribution in [0, 0.1) is 0 Å². The van der Waals surface area contributed by atoms with E-state index in [1.165, 1.54) is 6.07 Å². The molecule has 0 bridgehead atoms. The Bertz CT molecular complexity index is 1470. The first kappa shape index (κ1) is 22.7. The third-order valence-electron chi connectivity index (χ3n) is 5.74. The molecule has 178 valence electrons. The molecule has 9 heteroatoms. The number of fused-ring (bicyclic) bond motifs is 1. The number of nitrogens with one attached hydrogen (secondary N) is 2. The fourth-order valence-electron chi connectivity index (χ4n) is 3.96. The predicted octanol–water partition coefficient (Wildman–Crippen LogP) is 4.21. The summed E-state index contributed by atoms with van der Waals surface area (Å²) < 4.78 is 1.55. The molecule has 0 unspecified atom stereocenters. The van der Waals surface area contributed by atoms with Gasteiger partial charge in [0.1, 0.15) is 0 Å². The Morgan fingerprint density at radius 2 is 1.47 bits per heavy atom.